The Labute approximate surface area is 177 Å². The third-order valence-electron chi connectivity index (χ3n) is 6.72. The van der Waals surface area contributed by atoms with E-state index in [1.807, 2.05) is 0 Å². The molecule has 2 aliphatic rings. The molecule has 156 valence electrons. The molecule has 1 N–H and O–H groups in total. The molecule has 1 aromatic heterocycles. The molecule has 0 radical (unpaired) electrons. The second-order valence-electron chi connectivity index (χ2n) is 8.36. The van der Waals surface area contributed by atoms with Gasteiger partial charge in [-0.25, -0.2) is 4.98 Å². The first-order valence-corrected chi connectivity index (χ1v) is 11.6. The summed E-state index contributed by atoms with van der Waals surface area (Å²) >= 11 is 1.71. The molecule has 29 heavy (non-hydrogen) atoms. The summed E-state index contributed by atoms with van der Waals surface area (Å²) in [6.07, 6.45) is 3.67. The number of carbonyl (C=O) groups is 1. The van der Waals surface area contributed by atoms with E-state index in [4.69, 9.17) is 10.1 Å². The number of aromatic nitrogens is 1. The first kappa shape index (κ1) is 20.5. The van der Waals surface area contributed by atoms with E-state index in [9.17, 15) is 4.79 Å². The number of hydrogen-bond donors (Lipinski definition) is 1. The van der Waals surface area contributed by atoms with E-state index < -0.39 is 0 Å². The van der Waals surface area contributed by atoms with Crippen LogP contribution in [0.3, 0.4) is 0 Å². The summed E-state index contributed by atoms with van der Waals surface area (Å²) < 4.78 is 0. The zero-order chi connectivity index (χ0) is 20.3. The van der Waals surface area contributed by atoms with Crippen LogP contribution in [0.4, 0.5) is 0 Å². The molecule has 0 aliphatic carbocycles. The van der Waals surface area contributed by atoms with Crippen molar-refractivity contribution in [2.45, 2.75) is 38.0 Å². The lowest BCUT2D eigenvalue weighted by Crippen LogP contribution is -2.49. The molecule has 5 nitrogen and oxygen atoms in total. The molecule has 2 saturated heterocycles. The number of thiazole rings is 1. The predicted octanol–water partition coefficient (Wildman–Crippen LogP) is 3.06. The van der Waals surface area contributed by atoms with Crippen molar-refractivity contribution in [2.24, 2.45) is 5.92 Å². The van der Waals surface area contributed by atoms with Crippen molar-refractivity contribution in [2.75, 3.05) is 39.3 Å². The van der Waals surface area contributed by atoms with Crippen LogP contribution >= 0.6 is 11.3 Å². The number of benzene rings is 1. The average Bonchev–Trinajstić information content (AvgIpc) is 3.21. The molecule has 3 heterocycles. The van der Waals surface area contributed by atoms with Crippen LogP contribution in [0.2, 0.25) is 0 Å². The average molecular weight is 414 g/mol. The van der Waals surface area contributed by atoms with Crippen LogP contribution in [0.25, 0.3) is 0 Å². The fourth-order valence-corrected chi connectivity index (χ4v) is 5.66. The maximum Gasteiger partial charge on any atom is 0.225 e. The van der Waals surface area contributed by atoms with Gasteiger partial charge in [-0.3, -0.25) is 4.79 Å². The summed E-state index contributed by atoms with van der Waals surface area (Å²) in [6.45, 7) is 6.39. The number of hydrogen-bond acceptors (Lipinski definition) is 5. The fraction of sp³-hybridized carbons (Fsp3) is 0.565. The number of β-amino-alcohol motifs (C(OH)–C–C–N with tert-alkyl or cyclic N) is 1. The second kappa shape index (κ2) is 8.94. The highest BCUT2D eigenvalue weighted by atomic mass is 32.1. The number of amides is 1. The van der Waals surface area contributed by atoms with Crippen molar-refractivity contribution < 1.29 is 9.90 Å². The maximum atomic E-state index is 13.2. The summed E-state index contributed by atoms with van der Waals surface area (Å²) in [4.78, 5) is 22.4. The second-order valence-corrected chi connectivity index (χ2v) is 9.43. The minimum atomic E-state index is -0.0900. The molecular weight excluding hydrogens is 382 g/mol. The summed E-state index contributed by atoms with van der Waals surface area (Å²) in [5.74, 6) is 0.459. The molecule has 0 unspecified atom stereocenters. The Morgan fingerprint density at radius 3 is 2.45 bits per heavy atom. The summed E-state index contributed by atoms with van der Waals surface area (Å²) in [7, 11) is 0. The number of piperidine rings is 2. The Balaban J connectivity index is 1.45. The number of likely N-dealkylation sites (tertiary alicyclic amines) is 2. The van der Waals surface area contributed by atoms with Crippen LogP contribution in [-0.2, 0) is 10.2 Å². The number of carbonyl (C=O) groups excluding carboxylic acids is 1. The number of rotatable bonds is 5. The van der Waals surface area contributed by atoms with Gasteiger partial charge < -0.3 is 14.9 Å². The zero-order valence-corrected chi connectivity index (χ0v) is 18.0. The lowest BCUT2D eigenvalue weighted by atomic mass is 9.70. The fourth-order valence-electron chi connectivity index (χ4n) is 4.95. The third-order valence-corrected chi connectivity index (χ3v) is 7.49. The van der Waals surface area contributed by atoms with E-state index in [0.29, 0.717) is 5.91 Å². The van der Waals surface area contributed by atoms with Gasteiger partial charge in [0.05, 0.1) is 17.3 Å². The van der Waals surface area contributed by atoms with Gasteiger partial charge in [0.15, 0.2) is 0 Å². The van der Waals surface area contributed by atoms with Gasteiger partial charge in [0.25, 0.3) is 0 Å². The first-order valence-electron chi connectivity index (χ1n) is 10.7. The van der Waals surface area contributed by atoms with Gasteiger partial charge in [-0.05, 0) is 51.3 Å². The van der Waals surface area contributed by atoms with Crippen LogP contribution in [-0.4, -0.2) is 65.1 Å². The van der Waals surface area contributed by atoms with Crippen molar-refractivity contribution in [3.05, 3.63) is 52.0 Å². The molecule has 0 bridgehead atoms. The smallest absolute Gasteiger partial charge is 0.225 e. The first-order chi connectivity index (χ1) is 14.1. The van der Waals surface area contributed by atoms with Crippen LogP contribution < -0.4 is 0 Å². The Morgan fingerprint density at radius 2 is 1.86 bits per heavy atom. The molecular formula is C23H31N3O2S. The SMILES string of the molecule is Cc1nc(C2(c3ccccc3)CCN(C(=O)C3CCN(CCO)CC3)CC2)cs1. The maximum absolute atomic E-state index is 13.2. The van der Waals surface area contributed by atoms with Gasteiger partial charge in [0, 0.05) is 36.3 Å². The third kappa shape index (κ3) is 4.25. The van der Waals surface area contributed by atoms with Crippen LogP contribution in [0.15, 0.2) is 35.7 Å². The Bertz CT molecular complexity index is 807. The number of nitrogens with zero attached hydrogens (tertiary/aromatic N) is 3. The zero-order valence-electron chi connectivity index (χ0n) is 17.2. The molecule has 0 spiro atoms. The van der Waals surface area contributed by atoms with E-state index in [0.717, 1.165) is 69.1 Å². The van der Waals surface area contributed by atoms with Gasteiger partial charge in [0.1, 0.15) is 0 Å². The minimum absolute atomic E-state index is 0.0900. The van der Waals surface area contributed by atoms with E-state index in [1.54, 1.807) is 11.3 Å². The predicted molar refractivity (Wildman–Crippen MR) is 116 cm³/mol. The number of aryl methyl sites for hydroxylation is 1. The molecule has 4 rings (SSSR count). The van der Waals surface area contributed by atoms with Gasteiger partial charge in [-0.15, -0.1) is 11.3 Å². The van der Waals surface area contributed by atoms with Crippen molar-refractivity contribution in [3.8, 4) is 0 Å². The molecule has 0 atom stereocenters. The normalized spacial score (nSPS) is 20.7. The van der Waals surface area contributed by atoms with Gasteiger partial charge in [-0.1, -0.05) is 30.3 Å². The molecule has 1 amide bonds. The number of aliphatic hydroxyl groups excluding tert-OH is 1. The van der Waals surface area contributed by atoms with Crippen LogP contribution in [0.1, 0.15) is 41.9 Å². The monoisotopic (exact) mass is 413 g/mol. The Morgan fingerprint density at radius 1 is 1.17 bits per heavy atom. The topological polar surface area (TPSA) is 56.7 Å². The lowest BCUT2D eigenvalue weighted by molar-refractivity contribution is -0.138. The van der Waals surface area contributed by atoms with Crippen LogP contribution in [0.5, 0.6) is 0 Å². The molecule has 0 saturated carbocycles. The molecule has 6 heteroatoms. The highest BCUT2D eigenvalue weighted by Gasteiger charge is 2.41. The van der Waals surface area contributed by atoms with Gasteiger partial charge >= 0.3 is 0 Å². The standard InChI is InChI=1S/C23H31N3O2S/c1-18-24-21(17-29-18)23(20-5-3-2-4-6-20)9-13-26(14-10-23)22(28)19-7-11-25(12-8-19)15-16-27/h2-6,17,19,27H,7-16H2,1H3. The quantitative estimate of drug-likeness (QED) is 0.819. The largest absolute Gasteiger partial charge is 0.395 e. The van der Waals surface area contributed by atoms with E-state index in [1.165, 1.54) is 5.56 Å². The minimum Gasteiger partial charge on any atom is -0.395 e. The van der Waals surface area contributed by atoms with Crippen LogP contribution in [0, 0.1) is 12.8 Å². The van der Waals surface area contributed by atoms with E-state index >= 15 is 0 Å². The van der Waals surface area contributed by atoms with Gasteiger partial charge in [-0.2, -0.15) is 0 Å². The molecule has 1 aromatic carbocycles. The lowest BCUT2D eigenvalue weighted by Gasteiger charge is -2.43. The highest BCUT2D eigenvalue weighted by Crippen LogP contribution is 2.42. The van der Waals surface area contributed by atoms with Crippen molar-refractivity contribution in [1.29, 1.82) is 0 Å². The highest BCUT2D eigenvalue weighted by molar-refractivity contribution is 7.09. The summed E-state index contributed by atoms with van der Waals surface area (Å²) in [6, 6.07) is 10.7. The van der Waals surface area contributed by atoms with E-state index in [2.05, 4.69) is 52.4 Å². The Hall–Kier alpha value is -1.76. The summed E-state index contributed by atoms with van der Waals surface area (Å²) in [5, 5.41) is 12.4. The van der Waals surface area contributed by atoms with Crippen molar-refractivity contribution in [3.63, 3.8) is 0 Å². The van der Waals surface area contributed by atoms with Crippen molar-refractivity contribution >= 4 is 17.2 Å². The van der Waals surface area contributed by atoms with E-state index in [-0.39, 0.29) is 17.9 Å². The van der Waals surface area contributed by atoms with Crippen molar-refractivity contribution in [1.82, 2.24) is 14.8 Å². The van der Waals surface area contributed by atoms with Gasteiger partial charge in [0.2, 0.25) is 5.91 Å². The Kier molecular flexibility index (Phi) is 6.32. The molecule has 2 aliphatic heterocycles. The number of aliphatic hydroxyl groups is 1. The summed E-state index contributed by atoms with van der Waals surface area (Å²) in [5.41, 5.74) is 2.39. The molecule has 2 fully saturated rings. The molecule has 2 aromatic rings.